The maximum atomic E-state index is 12.9. The van der Waals surface area contributed by atoms with Crippen LogP contribution in [0.1, 0.15) is 23.3 Å². The number of aromatic nitrogens is 4. The molecule has 2 aromatic rings. The van der Waals surface area contributed by atoms with Gasteiger partial charge in [-0.1, -0.05) is 6.07 Å². The summed E-state index contributed by atoms with van der Waals surface area (Å²) in [4.78, 5) is 24.6. The summed E-state index contributed by atoms with van der Waals surface area (Å²) in [5.41, 5.74) is 0.484. The lowest BCUT2D eigenvalue weighted by Gasteiger charge is -2.50. The Bertz CT molecular complexity index is 792. The second-order valence-corrected chi connectivity index (χ2v) is 7.78. The lowest BCUT2D eigenvalue weighted by Crippen LogP contribution is -2.61. The summed E-state index contributed by atoms with van der Waals surface area (Å²) in [7, 11) is 0. The van der Waals surface area contributed by atoms with Gasteiger partial charge in [0, 0.05) is 38.8 Å². The van der Waals surface area contributed by atoms with Crippen LogP contribution in [0.3, 0.4) is 0 Å². The van der Waals surface area contributed by atoms with Gasteiger partial charge < -0.3 is 9.80 Å². The standard InChI is InChI=1S/C19H25N7O/c27-19(16-2-1-3-18(22-16)26-13-20-21-14-26)25-10-8-24(9-11-25)17-12-23-6-4-15(17)5-7-23/h1-3,13-15,17H,4-12H2. The minimum Gasteiger partial charge on any atom is -0.335 e. The molecule has 1 amide bonds. The van der Waals surface area contributed by atoms with Crippen LogP contribution < -0.4 is 0 Å². The molecule has 0 radical (unpaired) electrons. The molecule has 1 atom stereocenters. The lowest BCUT2D eigenvalue weighted by atomic mass is 9.83. The molecule has 0 aromatic carbocycles. The van der Waals surface area contributed by atoms with Crippen LogP contribution in [0.25, 0.3) is 5.82 Å². The van der Waals surface area contributed by atoms with E-state index in [1.54, 1.807) is 23.3 Å². The van der Waals surface area contributed by atoms with E-state index in [0.29, 0.717) is 17.6 Å². The average molecular weight is 367 g/mol. The van der Waals surface area contributed by atoms with E-state index in [9.17, 15) is 4.79 Å². The molecule has 2 aromatic heterocycles. The molecule has 142 valence electrons. The van der Waals surface area contributed by atoms with Gasteiger partial charge in [-0.3, -0.25) is 14.3 Å². The number of piperazine rings is 1. The number of pyridine rings is 1. The topological polar surface area (TPSA) is 70.4 Å². The molecule has 6 heterocycles. The number of hydrogen-bond donors (Lipinski definition) is 0. The number of carbonyl (C=O) groups excluding carboxylic acids is 1. The minimum absolute atomic E-state index is 0.0125. The minimum atomic E-state index is 0.0125. The van der Waals surface area contributed by atoms with Crippen LogP contribution in [0.15, 0.2) is 30.9 Å². The van der Waals surface area contributed by atoms with Gasteiger partial charge in [-0.25, -0.2) is 4.98 Å². The normalized spacial score (nSPS) is 28.4. The smallest absolute Gasteiger partial charge is 0.272 e. The highest BCUT2D eigenvalue weighted by atomic mass is 16.2. The van der Waals surface area contributed by atoms with Crippen LogP contribution in [0.2, 0.25) is 0 Å². The fraction of sp³-hybridized carbons (Fsp3) is 0.579. The van der Waals surface area contributed by atoms with Crippen molar-refractivity contribution in [3.8, 4) is 5.82 Å². The van der Waals surface area contributed by atoms with Gasteiger partial charge in [0.2, 0.25) is 0 Å². The van der Waals surface area contributed by atoms with Gasteiger partial charge in [-0.05, 0) is 44.0 Å². The molecule has 0 N–H and O–H groups in total. The van der Waals surface area contributed by atoms with Gasteiger partial charge in [0.05, 0.1) is 0 Å². The van der Waals surface area contributed by atoms with E-state index >= 15 is 0 Å². The molecule has 6 rings (SSSR count). The van der Waals surface area contributed by atoms with Gasteiger partial charge in [-0.15, -0.1) is 10.2 Å². The molecule has 4 aliphatic heterocycles. The first-order chi connectivity index (χ1) is 13.3. The van der Waals surface area contributed by atoms with Gasteiger partial charge in [-0.2, -0.15) is 0 Å². The van der Waals surface area contributed by atoms with Crippen molar-refractivity contribution >= 4 is 5.91 Å². The van der Waals surface area contributed by atoms with Crippen LogP contribution >= 0.6 is 0 Å². The van der Waals surface area contributed by atoms with E-state index in [0.717, 1.165) is 32.1 Å². The van der Waals surface area contributed by atoms with Crippen molar-refractivity contribution in [2.24, 2.45) is 5.92 Å². The first kappa shape index (κ1) is 16.8. The van der Waals surface area contributed by atoms with Crippen molar-refractivity contribution < 1.29 is 4.79 Å². The highest BCUT2D eigenvalue weighted by molar-refractivity contribution is 5.92. The summed E-state index contributed by atoms with van der Waals surface area (Å²) in [6.07, 6.45) is 5.85. The van der Waals surface area contributed by atoms with Crippen LogP contribution in [-0.2, 0) is 0 Å². The summed E-state index contributed by atoms with van der Waals surface area (Å²) < 4.78 is 1.71. The fourth-order valence-corrected chi connectivity index (χ4v) is 4.77. The number of rotatable bonds is 3. The van der Waals surface area contributed by atoms with Crippen LogP contribution in [-0.4, -0.2) is 92.2 Å². The summed E-state index contributed by atoms with van der Waals surface area (Å²) in [5.74, 6) is 1.52. The summed E-state index contributed by atoms with van der Waals surface area (Å²) in [5, 5.41) is 7.60. The monoisotopic (exact) mass is 367 g/mol. The Balaban J connectivity index is 1.23. The fourth-order valence-electron chi connectivity index (χ4n) is 4.77. The molecule has 0 saturated carbocycles. The number of fused-ring (bicyclic) bond motifs is 3. The quantitative estimate of drug-likeness (QED) is 0.788. The van der Waals surface area contributed by atoms with Crippen LogP contribution in [0.4, 0.5) is 0 Å². The van der Waals surface area contributed by atoms with Crippen molar-refractivity contribution in [1.29, 1.82) is 0 Å². The second-order valence-electron chi connectivity index (χ2n) is 7.78. The Morgan fingerprint density at radius 1 is 0.963 bits per heavy atom. The van der Waals surface area contributed by atoms with E-state index in [1.165, 1.54) is 32.5 Å². The third-order valence-corrected chi connectivity index (χ3v) is 6.33. The maximum absolute atomic E-state index is 12.9. The molecule has 1 unspecified atom stereocenters. The predicted octanol–water partition coefficient (Wildman–Crippen LogP) is 0.514. The molecule has 8 nitrogen and oxygen atoms in total. The maximum Gasteiger partial charge on any atom is 0.272 e. The summed E-state index contributed by atoms with van der Waals surface area (Å²) in [6.45, 7) is 7.24. The van der Waals surface area contributed by atoms with E-state index in [4.69, 9.17) is 0 Å². The van der Waals surface area contributed by atoms with E-state index in [2.05, 4.69) is 25.0 Å². The van der Waals surface area contributed by atoms with Crippen molar-refractivity contribution in [2.75, 3.05) is 45.8 Å². The highest BCUT2D eigenvalue weighted by Crippen LogP contribution is 2.31. The molecule has 0 spiro atoms. The molecule has 4 aliphatic rings. The Hall–Kier alpha value is -2.32. The van der Waals surface area contributed by atoms with E-state index < -0.39 is 0 Å². The summed E-state index contributed by atoms with van der Waals surface area (Å²) >= 11 is 0. The molecule has 4 fully saturated rings. The number of piperidine rings is 3. The molecular weight excluding hydrogens is 342 g/mol. The van der Waals surface area contributed by atoms with Crippen molar-refractivity contribution in [1.82, 2.24) is 34.4 Å². The van der Waals surface area contributed by atoms with Gasteiger partial charge in [0.1, 0.15) is 24.2 Å². The van der Waals surface area contributed by atoms with E-state index in [-0.39, 0.29) is 5.91 Å². The Labute approximate surface area is 158 Å². The predicted molar refractivity (Wildman–Crippen MR) is 99.6 cm³/mol. The zero-order valence-electron chi connectivity index (χ0n) is 15.4. The number of carbonyl (C=O) groups is 1. The zero-order valence-corrected chi connectivity index (χ0v) is 15.4. The number of nitrogens with zero attached hydrogens (tertiary/aromatic N) is 7. The lowest BCUT2D eigenvalue weighted by molar-refractivity contribution is -0.0131. The number of amides is 1. The molecular formula is C19H25N7O. The van der Waals surface area contributed by atoms with Crippen molar-refractivity contribution in [2.45, 2.75) is 18.9 Å². The molecule has 8 heteroatoms. The SMILES string of the molecule is O=C(c1cccc(-n2cnnc2)n1)N1CCN(C2CN3CCC2CC3)CC1. The number of hydrogen-bond acceptors (Lipinski definition) is 6. The third kappa shape index (κ3) is 3.23. The molecule has 2 bridgehead atoms. The molecule has 4 saturated heterocycles. The van der Waals surface area contributed by atoms with Crippen LogP contribution in [0.5, 0.6) is 0 Å². The molecule has 27 heavy (non-hydrogen) atoms. The Morgan fingerprint density at radius 2 is 1.70 bits per heavy atom. The summed E-state index contributed by atoms with van der Waals surface area (Å²) in [6, 6.07) is 6.18. The Morgan fingerprint density at radius 3 is 2.37 bits per heavy atom. The largest absolute Gasteiger partial charge is 0.335 e. The first-order valence-corrected chi connectivity index (χ1v) is 9.86. The average Bonchev–Trinajstić information content (AvgIpc) is 3.29. The van der Waals surface area contributed by atoms with Crippen LogP contribution in [0, 0.1) is 5.92 Å². The molecule has 0 aliphatic carbocycles. The van der Waals surface area contributed by atoms with Crippen molar-refractivity contribution in [3.05, 3.63) is 36.5 Å². The highest BCUT2D eigenvalue weighted by Gasteiger charge is 2.38. The second kappa shape index (κ2) is 7.01. The van der Waals surface area contributed by atoms with Gasteiger partial charge in [0.25, 0.3) is 5.91 Å². The third-order valence-electron chi connectivity index (χ3n) is 6.33. The first-order valence-electron chi connectivity index (χ1n) is 9.86. The zero-order chi connectivity index (χ0) is 18.2. The Kier molecular flexibility index (Phi) is 4.37. The van der Waals surface area contributed by atoms with E-state index in [1.807, 2.05) is 17.0 Å². The van der Waals surface area contributed by atoms with Gasteiger partial charge in [0.15, 0.2) is 0 Å². The van der Waals surface area contributed by atoms with Crippen molar-refractivity contribution in [3.63, 3.8) is 0 Å². The van der Waals surface area contributed by atoms with Gasteiger partial charge >= 0.3 is 0 Å².